The molecule has 20 heavy (non-hydrogen) atoms. The zero-order chi connectivity index (χ0) is 14.2. The van der Waals surface area contributed by atoms with Crippen molar-refractivity contribution < 1.29 is 0 Å². The van der Waals surface area contributed by atoms with Gasteiger partial charge in [-0.2, -0.15) is 0 Å². The van der Waals surface area contributed by atoms with Gasteiger partial charge in [-0.15, -0.1) is 0 Å². The van der Waals surface area contributed by atoms with Gasteiger partial charge in [-0.05, 0) is 31.4 Å². The van der Waals surface area contributed by atoms with E-state index in [9.17, 15) is 0 Å². The molecule has 1 aliphatic carbocycles. The predicted molar refractivity (Wildman–Crippen MR) is 90.1 cm³/mol. The van der Waals surface area contributed by atoms with Gasteiger partial charge in [0, 0.05) is 21.8 Å². The van der Waals surface area contributed by atoms with Crippen molar-refractivity contribution in [3.63, 3.8) is 0 Å². The lowest BCUT2D eigenvalue weighted by atomic mass is 10.2. The zero-order valence-corrected chi connectivity index (χ0v) is 12.4. The zero-order valence-electron chi connectivity index (χ0n) is 12.4. The number of rotatable bonds is 0. The quantitative estimate of drug-likeness (QED) is 0.474. The molecule has 2 aromatic carbocycles. The van der Waals surface area contributed by atoms with Crippen LogP contribution in [0.1, 0.15) is 33.1 Å². The third-order valence-corrected chi connectivity index (χ3v) is 3.32. The third kappa shape index (κ3) is 3.30. The first-order valence-electron chi connectivity index (χ1n) is 7.55. The van der Waals surface area contributed by atoms with E-state index in [-0.39, 0.29) is 0 Å². The first kappa shape index (κ1) is 14.4. The number of benzene rings is 2. The highest BCUT2D eigenvalue weighted by molar-refractivity contribution is 6.06. The van der Waals surface area contributed by atoms with Gasteiger partial charge in [-0.3, -0.25) is 0 Å². The largest absolute Gasteiger partial charge is 0.355 e. The van der Waals surface area contributed by atoms with Crippen molar-refractivity contribution in [3.8, 4) is 0 Å². The minimum atomic E-state index is 1.21. The predicted octanol–water partition coefficient (Wildman–Crippen LogP) is 6.07. The maximum atomic E-state index is 3.38. The van der Waals surface area contributed by atoms with Crippen LogP contribution in [0.5, 0.6) is 0 Å². The summed E-state index contributed by atoms with van der Waals surface area (Å²) in [5, 5.41) is 2.61. The Kier molecular flexibility index (Phi) is 5.43. The Bertz CT molecular complexity index is 620. The third-order valence-electron chi connectivity index (χ3n) is 3.32. The Hall–Kier alpha value is -2.02. The Balaban J connectivity index is 0.000000177. The van der Waals surface area contributed by atoms with Gasteiger partial charge >= 0.3 is 0 Å². The number of nitrogens with one attached hydrogen (secondary N) is 1. The molecule has 0 bridgehead atoms. The number of allylic oxidation sites excluding steroid dienone is 2. The highest BCUT2D eigenvalue weighted by atomic mass is 14.7. The topological polar surface area (TPSA) is 15.8 Å². The summed E-state index contributed by atoms with van der Waals surface area (Å²) in [7, 11) is 0. The molecule has 0 saturated carbocycles. The Morgan fingerprint density at radius 3 is 1.55 bits per heavy atom. The molecule has 1 aromatic heterocycles. The van der Waals surface area contributed by atoms with E-state index in [1.807, 2.05) is 13.8 Å². The summed E-state index contributed by atoms with van der Waals surface area (Å²) in [6.07, 6.45) is 8.50. The van der Waals surface area contributed by atoms with Crippen LogP contribution in [0.15, 0.2) is 60.7 Å². The average Bonchev–Trinajstić information content (AvgIpc) is 3.20. The Labute approximate surface area is 121 Å². The first-order chi connectivity index (χ1) is 9.95. The van der Waals surface area contributed by atoms with Crippen molar-refractivity contribution in [3.05, 3.63) is 60.7 Å². The van der Waals surface area contributed by atoms with Crippen LogP contribution in [0.3, 0.4) is 0 Å². The number of hydrogen-bond acceptors (Lipinski definition) is 0. The number of hydrogen-bond donors (Lipinski definition) is 1. The summed E-state index contributed by atoms with van der Waals surface area (Å²) in [5.74, 6) is 0. The molecule has 4 rings (SSSR count). The fraction of sp³-hybridized carbons (Fsp3) is 0.263. The SMILES string of the molecule is C1=CCCC1.CC.c1ccc2c(c1)[nH]c1ccccc12. The van der Waals surface area contributed by atoms with E-state index in [0.29, 0.717) is 0 Å². The van der Waals surface area contributed by atoms with Crippen LogP contribution in [0.4, 0.5) is 0 Å². The Morgan fingerprint density at radius 1 is 0.700 bits per heavy atom. The highest BCUT2D eigenvalue weighted by Crippen LogP contribution is 2.24. The summed E-state index contributed by atoms with van der Waals surface area (Å²) >= 11 is 0. The van der Waals surface area contributed by atoms with Crippen molar-refractivity contribution in [1.82, 2.24) is 4.98 Å². The van der Waals surface area contributed by atoms with Crippen LogP contribution in [0.2, 0.25) is 0 Å². The second-order valence-electron chi connectivity index (χ2n) is 4.62. The molecule has 1 heteroatoms. The van der Waals surface area contributed by atoms with Crippen LogP contribution in [0.25, 0.3) is 21.8 Å². The lowest BCUT2D eigenvalue weighted by Crippen LogP contribution is -1.62. The van der Waals surface area contributed by atoms with E-state index in [2.05, 4.69) is 65.7 Å². The molecular formula is C19H23N. The molecule has 0 spiro atoms. The molecule has 0 unspecified atom stereocenters. The first-order valence-corrected chi connectivity index (χ1v) is 7.55. The standard InChI is InChI=1S/C12H9N.C5H8.C2H6/c1-3-7-11-9(5-1)10-6-2-4-8-12(10)13-11;1-2-4-5-3-1;1-2/h1-8,13H;1-2H,3-5H2;1-2H3. The minimum Gasteiger partial charge on any atom is -0.355 e. The molecule has 3 aromatic rings. The van der Waals surface area contributed by atoms with Gasteiger partial charge in [0.15, 0.2) is 0 Å². The molecule has 0 atom stereocenters. The van der Waals surface area contributed by atoms with Crippen LogP contribution < -0.4 is 0 Å². The molecule has 1 N–H and O–H groups in total. The number of aromatic amines is 1. The van der Waals surface area contributed by atoms with Gasteiger partial charge in [0.1, 0.15) is 0 Å². The van der Waals surface area contributed by atoms with E-state index in [4.69, 9.17) is 0 Å². The normalized spacial score (nSPS) is 12.7. The van der Waals surface area contributed by atoms with Crippen molar-refractivity contribution in [1.29, 1.82) is 0 Å². The fourth-order valence-corrected chi connectivity index (χ4v) is 2.39. The lowest BCUT2D eigenvalue weighted by molar-refractivity contribution is 0.929. The molecule has 0 saturated heterocycles. The molecule has 104 valence electrons. The summed E-state index contributed by atoms with van der Waals surface area (Å²) in [6, 6.07) is 16.8. The molecule has 0 amide bonds. The highest BCUT2D eigenvalue weighted by Gasteiger charge is 2.00. The second-order valence-corrected chi connectivity index (χ2v) is 4.62. The summed E-state index contributed by atoms with van der Waals surface area (Å²) in [5.41, 5.74) is 2.42. The van der Waals surface area contributed by atoms with E-state index < -0.39 is 0 Å². The number of para-hydroxylation sites is 2. The van der Waals surface area contributed by atoms with Crippen molar-refractivity contribution in [2.24, 2.45) is 0 Å². The molecule has 0 fully saturated rings. The summed E-state index contributed by atoms with van der Waals surface area (Å²) in [4.78, 5) is 3.38. The Morgan fingerprint density at radius 2 is 1.15 bits per heavy atom. The second kappa shape index (κ2) is 7.54. The van der Waals surface area contributed by atoms with E-state index in [1.165, 1.54) is 41.1 Å². The smallest absolute Gasteiger partial charge is 0.0464 e. The maximum Gasteiger partial charge on any atom is 0.0464 e. The molecule has 1 nitrogen and oxygen atoms in total. The van der Waals surface area contributed by atoms with Crippen LogP contribution in [-0.4, -0.2) is 4.98 Å². The van der Waals surface area contributed by atoms with Gasteiger partial charge in [0.2, 0.25) is 0 Å². The van der Waals surface area contributed by atoms with Gasteiger partial charge < -0.3 is 4.98 Å². The van der Waals surface area contributed by atoms with E-state index >= 15 is 0 Å². The summed E-state index contributed by atoms with van der Waals surface area (Å²) < 4.78 is 0. The number of aromatic nitrogens is 1. The maximum absolute atomic E-state index is 3.38. The minimum absolute atomic E-state index is 1.21. The summed E-state index contributed by atoms with van der Waals surface area (Å²) in [6.45, 7) is 4.00. The lowest BCUT2D eigenvalue weighted by Gasteiger charge is -1.87. The van der Waals surface area contributed by atoms with Crippen LogP contribution in [0, 0.1) is 0 Å². The van der Waals surface area contributed by atoms with Crippen LogP contribution >= 0.6 is 0 Å². The average molecular weight is 265 g/mol. The van der Waals surface area contributed by atoms with Crippen molar-refractivity contribution in [2.75, 3.05) is 0 Å². The molecule has 0 aliphatic heterocycles. The molecule has 0 radical (unpaired) electrons. The van der Waals surface area contributed by atoms with Crippen LogP contribution in [-0.2, 0) is 0 Å². The van der Waals surface area contributed by atoms with Gasteiger partial charge in [-0.25, -0.2) is 0 Å². The fourth-order valence-electron chi connectivity index (χ4n) is 2.39. The number of fused-ring (bicyclic) bond motifs is 3. The monoisotopic (exact) mass is 265 g/mol. The molecule has 1 heterocycles. The van der Waals surface area contributed by atoms with Crippen molar-refractivity contribution in [2.45, 2.75) is 33.1 Å². The van der Waals surface area contributed by atoms with E-state index in [1.54, 1.807) is 0 Å². The van der Waals surface area contributed by atoms with Gasteiger partial charge in [-0.1, -0.05) is 62.4 Å². The van der Waals surface area contributed by atoms with Crippen molar-refractivity contribution >= 4 is 21.8 Å². The molecule has 1 aliphatic rings. The van der Waals surface area contributed by atoms with E-state index in [0.717, 1.165) is 0 Å². The van der Waals surface area contributed by atoms with Gasteiger partial charge in [0.25, 0.3) is 0 Å². The number of H-pyrrole nitrogens is 1. The van der Waals surface area contributed by atoms with Gasteiger partial charge in [0.05, 0.1) is 0 Å². The molecular weight excluding hydrogens is 242 g/mol.